The Morgan fingerprint density at radius 2 is 1.79 bits per heavy atom. The molecule has 9 heteroatoms. The molecule has 3 rings (SSSR count). The Kier molecular flexibility index (Phi) is 5.81. The van der Waals surface area contributed by atoms with E-state index in [1.165, 1.54) is 38.4 Å². The predicted octanol–water partition coefficient (Wildman–Crippen LogP) is 3.21. The van der Waals surface area contributed by atoms with Crippen LogP contribution in [0.5, 0.6) is 0 Å². The molecule has 8 nitrogen and oxygen atoms in total. The second-order valence-electron chi connectivity index (χ2n) is 6.67. The fourth-order valence-corrected chi connectivity index (χ4v) is 3.43. The lowest BCUT2D eigenvalue weighted by Gasteiger charge is -2.13. The Labute approximate surface area is 169 Å². The zero-order valence-corrected chi connectivity index (χ0v) is 17.3. The van der Waals surface area contributed by atoms with Crippen molar-refractivity contribution in [1.82, 2.24) is 14.5 Å². The third-order valence-corrected chi connectivity index (χ3v) is 6.03. The van der Waals surface area contributed by atoms with Crippen LogP contribution in [-0.4, -0.2) is 43.0 Å². The van der Waals surface area contributed by atoms with Crippen molar-refractivity contribution >= 4 is 16.0 Å². The summed E-state index contributed by atoms with van der Waals surface area (Å²) in [6.45, 7) is 3.58. The van der Waals surface area contributed by atoms with Gasteiger partial charge in [-0.15, -0.1) is 10.2 Å². The number of benzene rings is 2. The van der Waals surface area contributed by atoms with E-state index in [1.807, 2.05) is 31.2 Å². The summed E-state index contributed by atoms with van der Waals surface area (Å²) in [5.74, 6) is -0.226. The number of ether oxygens (including phenoxy) is 1. The largest absolute Gasteiger partial charge is 0.449 e. The number of nitrogens with zero attached hydrogens (tertiary/aromatic N) is 3. The van der Waals surface area contributed by atoms with E-state index in [-0.39, 0.29) is 16.3 Å². The summed E-state index contributed by atoms with van der Waals surface area (Å²) < 4.78 is 36.6. The van der Waals surface area contributed by atoms with E-state index in [0.29, 0.717) is 5.89 Å². The standard InChI is InChI=1S/C20H21N3O5S/c1-13-8-10-15(11-9-13)19-22-21-18(28-19)14(2)27-20(24)16-6-5-7-17(12-16)29(25,26)23(3)4/h5-12,14H,1-4H3/t14-/m0/s1. The van der Waals surface area contributed by atoms with Crippen LogP contribution in [0, 0.1) is 6.92 Å². The van der Waals surface area contributed by atoms with E-state index in [0.717, 1.165) is 15.4 Å². The molecular formula is C20H21N3O5S. The number of sulfonamides is 1. The number of hydrogen-bond donors (Lipinski definition) is 0. The number of carbonyl (C=O) groups excluding carboxylic acids is 1. The molecule has 0 saturated heterocycles. The van der Waals surface area contributed by atoms with Crippen LogP contribution in [0.4, 0.5) is 0 Å². The number of rotatable bonds is 6. The maximum Gasteiger partial charge on any atom is 0.338 e. The molecule has 1 atom stereocenters. The Morgan fingerprint density at radius 1 is 1.10 bits per heavy atom. The fourth-order valence-electron chi connectivity index (χ4n) is 2.49. The average Bonchev–Trinajstić information content (AvgIpc) is 3.19. The van der Waals surface area contributed by atoms with Crippen molar-refractivity contribution in [3.05, 3.63) is 65.5 Å². The van der Waals surface area contributed by atoms with Gasteiger partial charge in [0.1, 0.15) is 0 Å². The molecule has 0 aliphatic rings. The highest BCUT2D eigenvalue weighted by molar-refractivity contribution is 7.89. The highest BCUT2D eigenvalue weighted by Gasteiger charge is 2.22. The van der Waals surface area contributed by atoms with Crippen LogP contribution >= 0.6 is 0 Å². The smallest absolute Gasteiger partial charge is 0.338 e. The van der Waals surface area contributed by atoms with E-state index >= 15 is 0 Å². The summed E-state index contributed by atoms with van der Waals surface area (Å²) in [7, 11) is -0.819. The van der Waals surface area contributed by atoms with Gasteiger partial charge in [0.2, 0.25) is 15.9 Å². The molecule has 29 heavy (non-hydrogen) atoms. The van der Waals surface area contributed by atoms with Crippen molar-refractivity contribution in [2.75, 3.05) is 14.1 Å². The quantitative estimate of drug-likeness (QED) is 0.570. The van der Waals surface area contributed by atoms with Crippen molar-refractivity contribution < 1.29 is 22.4 Å². The van der Waals surface area contributed by atoms with E-state index in [2.05, 4.69) is 10.2 Å². The van der Waals surface area contributed by atoms with Crippen molar-refractivity contribution in [3.8, 4) is 11.5 Å². The number of aromatic nitrogens is 2. The lowest BCUT2D eigenvalue weighted by Crippen LogP contribution is -2.22. The van der Waals surface area contributed by atoms with Gasteiger partial charge in [0, 0.05) is 19.7 Å². The summed E-state index contributed by atoms with van der Waals surface area (Å²) in [5.41, 5.74) is 1.97. The molecule has 0 radical (unpaired) electrons. The molecule has 0 fully saturated rings. The zero-order valence-electron chi connectivity index (χ0n) is 16.5. The van der Waals surface area contributed by atoms with Crippen molar-refractivity contribution in [2.24, 2.45) is 0 Å². The second kappa shape index (κ2) is 8.14. The molecule has 0 aliphatic carbocycles. The summed E-state index contributed by atoms with van der Waals surface area (Å²) in [4.78, 5) is 12.5. The van der Waals surface area contributed by atoms with E-state index in [9.17, 15) is 13.2 Å². The summed E-state index contributed by atoms with van der Waals surface area (Å²) >= 11 is 0. The lowest BCUT2D eigenvalue weighted by molar-refractivity contribution is 0.0279. The molecule has 1 aromatic heterocycles. The van der Waals surface area contributed by atoms with Gasteiger partial charge >= 0.3 is 5.97 Å². The van der Waals surface area contributed by atoms with Crippen molar-refractivity contribution in [1.29, 1.82) is 0 Å². The first kappa shape index (κ1) is 20.7. The minimum Gasteiger partial charge on any atom is -0.449 e. The van der Waals surface area contributed by atoms with Crippen molar-refractivity contribution in [3.63, 3.8) is 0 Å². The zero-order chi connectivity index (χ0) is 21.2. The maximum atomic E-state index is 12.5. The average molecular weight is 415 g/mol. The minimum atomic E-state index is -3.66. The third kappa shape index (κ3) is 4.52. The predicted molar refractivity (Wildman–Crippen MR) is 106 cm³/mol. The highest BCUT2D eigenvalue weighted by atomic mass is 32.2. The molecule has 0 N–H and O–H groups in total. The van der Waals surface area contributed by atoms with Crippen LogP contribution in [0.1, 0.15) is 34.8 Å². The van der Waals surface area contributed by atoms with Gasteiger partial charge < -0.3 is 9.15 Å². The van der Waals surface area contributed by atoms with E-state index in [1.54, 1.807) is 6.92 Å². The topological polar surface area (TPSA) is 103 Å². The van der Waals surface area contributed by atoms with E-state index in [4.69, 9.17) is 9.15 Å². The molecule has 1 heterocycles. The molecule has 152 valence electrons. The first-order chi connectivity index (χ1) is 13.7. The molecule has 0 amide bonds. The fraction of sp³-hybridized carbons (Fsp3) is 0.250. The van der Waals surface area contributed by atoms with Gasteiger partial charge in [0.15, 0.2) is 6.10 Å². The van der Waals surface area contributed by atoms with Gasteiger partial charge in [-0.3, -0.25) is 0 Å². The second-order valence-corrected chi connectivity index (χ2v) is 8.83. The minimum absolute atomic E-state index is 0.00375. The summed E-state index contributed by atoms with van der Waals surface area (Å²) in [5, 5.41) is 7.94. The van der Waals surface area contributed by atoms with Crippen LogP contribution < -0.4 is 0 Å². The van der Waals surface area contributed by atoms with Gasteiger partial charge in [-0.25, -0.2) is 17.5 Å². The van der Waals surface area contributed by atoms with Gasteiger partial charge in [0.25, 0.3) is 5.89 Å². The maximum absolute atomic E-state index is 12.5. The first-order valence-electron chi connectivity index (χ1n) is 8.82. The molecule has 3 aromatic rings. The number of hydrogen-bond acceptors (Lipinski definition) is 7. The highest BCUT2D eigenvalue weighted by Crippen LogP contribution is 2.24. The van der Waals surface area contributed by atoms with Crippen LogP contribution in [0.15, 0.2) is 57.8 Å². The Balaban J connectivity index is 1.75. The molecule has 0 spiro atoms. The van der Waals surface area contributed by atoms with Crippen LogP contribution in [-0.2, 0) is 14.8 Å². The van der Waals surface area contributed by atoms with Crippen LogP contribution in [0.3, 0.4) is 0 Å². The number of aryl methyl sites for hydroxylation is 1. The summed E-state index contributed by atoms with van der Waals surface area (Å²) in [6.07, 6.45) is -0.802. The van der Waals surface area contributed by atoms with Crippen molar-refractivity contribution in [2.45, 2.75) is 24.8 Å². The Morgan fingerprint density at radius 3 is 2.45 bits per heavy atom. The number of carbonyl (C=O) groups is 1. The van der Waals surface area contributed by atoms with Gasteiger partial charge in [0.05, 0.1) is 10.5 Å². The molecular weight excluding hydrogens is 394 g/mol. The molecule has 2 aromatic carbocycles. The van der Waals surface area contributed by atoms with Crippen LogP contribution in [0.2, 0.25) is 0 Å². The SMILES string of the molecule is Cc1ccc(-c2nnc([C@H](C)OC(=O)c3cccc(S(=O)(=O)N(C)C)c3)o2)cc1. The van der Waals surface area contributed by atoms with Gasteiger partial charge in [-0.2, -0.15) is 0 Å². The lowest BCUT2D eigenvalue weighted by atomic mass is 10.1. The molecule has 0 saturated carbocycles. The Bertz CT molecular complexity index is 1120. The van der Waals surface area contributed by atoms with Gasteiger partial charge in [-0.1, -0.05) is 23.8 Å². The first-order valence-corrected chi connectivity index (χ1v) is 10.3. The Hall–Kier alpha value is -3.04. The molecule has 0 bridgehead atoms. The van der Waals surface area contributed by atoms with Crippen LogP contribution in [0.25, 0.3) is 11.5 Å². The normalized spacial score (nSPS) is 12.7. The number of esters is 1. The molecule has 0 aliphatic heterocycles. The third-order valence-electron chi connectivity index (χ3n) is 4.22. The summed E-state index contributed by atoms with van der Waals surface area (Å²) in [6, 6.07) is 13.2. The monoisotopic (exact) mass is 415 g/mol. The van der Waals surface area contributed by atoms with E-state index < -0.39 is 22.1 Å². The van der Waals surface area contributed by atoms with Gasteiger partial charge in [-0.05, 0) is 44.2 Å². The molecule has 0 unspecified atom stereocenters.